The molecule has 88 valence electrons. The summed E-state index contributed by atoms with van der Waals surface area (Å²) in [6, 6.07) is 6.39. The quantitative estimate of drug-likeness (QED) is 0.872. The zero-order chi connectivity index (χ0) is 11.5. The van der Waals surface area contributed by atoms with Gasteiger partial charge in [-0.05, 0) is 38.0 Å². The summed E-state index contributed by atoms with van der Waals surface area (Å²) >= 11 is 6.00. The number of rotatable bonds is 3. The van der Waals surface area contributed by atoms with E-state index in [2.05, 4.69) is 19.2 Å². The summed E-state index contributed by atoms with van der Waals surface area (Å²) in [6.45, 7) is 6.06. The minimum atomic E-state index is 0.430. The number of hydrogen-bond donors (Lipinski definition) is 1. The first-order valence-electron chi connectivity index (χ1n) is 5.77. The lowest BCUT2D eigenvalue weighted by Gasteiger charge is -2.21. The Labute approximate surface area is 102 Å². The molecule has 2 atom stereocenters. The van der Waals surface area contributed by atoms with Crippen molar-refractivity contribution in [1.29, 1.82) is 0 Å². The van der Waals surface area contributed by atoms with Crippen LogP contribution in [0.1, 0.15) is 18.9 Å². The van der Waals surface area contributed by atoms with Crippen LogP contribution in [-0.4, -0.2) is 19.3 Å². The second-order valence-corrected chi connectivity index (χ2v) is 4.95. The molecule has 0 aliphatic carbocycles. The van der Waals surface area contributed by atoms with E-state index < -0.39 is 0 Å². The highest BCUT2D eigenvalue weighted by molar-refractivity contribution is 6.30. The molecule has 1 aliphatic rings. The van der Waals surface area contributed by atoms with Crippen molar-refractivity contribution in [3.63, 3.8) is 0 Å². The maximum absolute atomic E-state index is 6.00. The summed E-state index contributed by atoms with van der Waals surface area (Å²) in [5.41, 5.74) is 2.36. The van der Waals surface area contributed by atoms with Crippen LogP contribution >= 0.6 is 11.6 Å². The molecule has 0 saturated carbocycles. The predicted molar refractivity (Wildman–Crippen MR) is 68.2 cm³/mol. The molecule has 1 N–H and O–H groups in total. The second kappa shape index (κ2) is 5.07. The summed E-state index contributed by atoms with van der Waals surface area (Å²) in [6.07, 6.45) is 1.15. The van der Waals surface area contributed by atoms with E-state index in [-0.39, 0.29) is 0 Å². The summed E-state index contributed by atoms with van der Waals surface area (Å²) in [5.74, 6) is 0.610. The predicted octanol–water partition coefficient (Wildman–Crippen LogP) is 3.49. The highest BCUT2D eigenvalue weighted by Gasteiger charge is 2.22. The van der Waals surface area contributed by atoms with Crippen LogP contribution in [0.25, 0.3) is 0 Å². The van der Waals surface area contributed by atoms with E-state index in [1.807, 2.05) is 18.2 Å². The Hall–Kier alpha value is -0.730. The minimum Gasteiger partial charge on any atom is -0.382 e. The molecule has 1 aliphatic heterocycles. The number of halogens is 1. The molecule has 3 heteroatoms. The smallest absolute Gasteiger partial charge is 0.0514 e. The van der Waals surface area contributed by atoms with Crippen LogP contribution in [-0.2, 0) is 4.74 Å². The standard InChI is InChI=1S/C13H18ClNO/c1-9-3-4-12(14)7-13(9)15-10(2)11-5-6-16-8-11/h3-4,7,10-11,15H,5-6,8H2,1-2H3. The van der Waals surface area contributed by atoms with E-state index in [1.165, 1.54) is 5.56 Å². The molecule has 1 aromatic carbocycles. The molecule has 2 rings (SSSR count). The summed E-state index contributed by atoms with van der Waals surface area (Å²) in [4.78, 5) is 0. The molecule has 0 bridgehead atoms. The third-order valence-corrected chi connectivity index (χ3v) is 3.49. The topological polar surface area (TPSA) is 21.3 Å². The van der Waals surface area contributed by atoms with Crippen molar-refractivity contribution in [2.75, 3.05) is 18.5 Å². The number of anilines is 1. The van der Waals surface area contributed by atoms with Crippen LogP contribution < -0.4 is 5.32 Å². The monoisotopic (exact) mass is 239 g/mol. The lowest BCUT2D eigenvalue weighted by molar-refractivity contribution is 0.183. The van der Waals surface area contributed by atoms with Crippen molar-refractivity contribution in [2.45, 2.75) is 26.3 Å². The van der Waals surface area contributed by atoms with Crippen molar-refractivity contribution in [1.82, 2.24) is 0 Å². The Kier molecular flexibility index (Phi) is 3.72. The van der Waals surface area contributed by atoms with Crippen LogP contribution in [0.5, 0.6) is 0 Å². The molecule has 2 nitrogen and oxygen atoms in total. The first-order valence-corrected chi connectivity index (χ1v) is 6.15. The van der Waals surface area contributed by atoms with Crippen molar-refractivity contribution >= 4 is 17.3 Å². The van der Waals surface area contributed by atoms with Gasteiger partial charge in [-0.3, -0.25) is 0 Å². The van der Waals surface area contributed by atoms with Crippen LogP contribution in [0.4, 0.5) is 5.69 Å². The van der Waals surface area contributed by atoms with Crippen molar-refractivity contribution in [3.8, 4) is 0 Å². The van der Waals surface area contributed by atoms with Gasteiger partial charge in [0, 0.05) is 29.3 Å². The van der Waals surface area contributed by atoms with Gasteiger partial charge < -0.3 is 10.1 Å². The maximum Gasteiger partial charge on any atom is 0.0514 e. The normalized spacial score (nSPS) is 22.1. The van der Waals surface area contributed by atoms with Crippen molar-refractivity contribution in [3.05, 3.63) is 28.8 Å². The number of ether oxygens (including phenoxy) is 1. The largest absolute Gasteiger partial charge is 0.382 e. The molecule has 1 saturated heterocycles. The van der Waals surface area contributed by atoms with E-state index in [0.29, 0.717) is 12.0 Å². The highest BCUT2D eigenvalue weighted by atomic mass is 35.5. The molecule has 1 aromatic rings. The maximum atomic E-state index is 6.00. The molecular formula is C13H18ClNO. The minimum absolute atomic E-state index is 0.430. The summed E-state index contributed by atoms with van der Waals surface area (Å²) in [5, 5.41) is 4.31. The zero-order valence-electron chi connectivity index (χ0n) is 9.79. The fraction of sp³-hybridized carbons (Fsp3) is 0.538. The molecule has 1 heterocycles. The van der Waals surface area contributed by atoms with Crippen molar-refractivity contribution < 1.29 is 4.74 Å². The van der Waals surface area contributed by atoms with Gasteiger partial charge in [-0.15, -0.1) is 0 Å². The van der Waals surface area contributed by atoms with Crippen molar-refractivity contribution in [2.24, 2.45) is 5.92 Å². The van der Waals surface area contributed by atoms with E-state index in [4.69, 9.17) is 16.3 Å². The SMILES string of the molecule is Cc1ccc(Cl)cc1NC(C)C1CCOC1. The Balaban J connectivity index is 2.04. The van der Waals surface area contributed by atoms with Gasteiger partial charge in [0.1, 0.15) is 0 Å². The van der Waals surface area contributed by atoms with E-state index in [9.17, 15) is 0 Å². The van der Waals surface area contributed by atoms with E-state index in [0.717, 1.165) is 30.3 Å². The molecule has 2 unspecified atom stereocenters. The lowest BCUT2D eigenvalue weighted by atomic mass is 10.00. The van der Waals surface area contributed by atoms with Gasteiger partial charge in [-0.25, -0.2) is 0 Å². The van der Waals surface area contributed by atoms with Gasteiger partial charge >= 0.3 is 0 Å². The van der Waals surface area contributed by atoms with E-state index in [1.54, 1.807) is 0 Å². The Morgan fingerprint density at radius 1 is 1.50 bits per heavy atom. The number of aryl methyl sites for hydroxylation is 1. The zero-order valence-corrected chi connectivity index (χ0v) is 10.6. The van der Waals surface area contributed by atoms with Gasteiger partial charge in [0.25, 0.3) is 0 Å². The fourth-order valence-electron chi connectivity index (χ4n) is 2.06. The molecule has 0 spiro atoms. The average Bonchev–Trinajstić information content (AvgIpc) is 2.76. The van der Waals surface area contributed by atoms with Crippen LogP contribution in [0.2, 0.25) is 5.02 Å². The highest BCUT2D eigenvalue weighted by Crippen LogP contribution is 2.24. The van der Waals surface area contributed by atoms with E-state index >= 15 is 0 Å². The van der Waals surface area contributed by atoms with Gasteiger partial charge in [0.15, 0.2) is 0 Å². The first kappa shape index (κ1) is 11.7. The molecule has 0 radical (unpaired) electrons. The third-order valence-electron chi connectivity index (χ3n) is 3.25. The lowest BCUT2D eigenvalue weighted by Crippen LogP contribution is -2.26. The Bertz CT molecular complexity index is 361. The van der Waals surface area contributed by atoms with Gasteiger partial charge in [0.05, 0.1) is 6.61 Å². The third kappa shape index (κ3) is 2.69. The second-order valence-electron chi connectivity index (χ2n) is 4.52. The first-order chi connectivity index (χ1) is 7.66. The van der Waals surface area contributed by atoms with Crippen LogP contribution in [0.3, 0.4) is 0 Å². The average molecular weight is 240 g/mol. The number of benzene rings is 1. The molecule has 16 heavy (non-hydrogen) atoms. The van der Waals surface area contributed by atoms with Gasteiger partial charge in [-0.2, -0.15) is 0 Å². The van der Waals surface area contributed by atoms with Crippen LogP contribution in [0, 0.1) is 12.8 Å². The molecule has 0 amide bonds. The molecular weight excluding hydrogens is 222 g/mol. The Morgan fingerprint density at radius 3 is 3.00 bits per heavy atom. The number of nitrogens with one attached hydrogen (secondary N) is 1. The summed E-state index contributed by atoms with van der Waals surface area (Å²) in [7, 11) is 0. The molecule has 1 fully saturated rings. The summed E-state index contributed by atoms with van der Waals surface area (Å²) < 4.78 is 5.40. The van der Waals surface area contributed by atoms with Crippen LogP contribution in [0.15, 0.2) is 18.2 Å². The Morgan fingerprint density at radius 2 is 2.31 bits per heavy atom. The number of hydrogen-bond acceptors (Lipinski definition) is 2. The fourth-order valence-corrected chi connectivity index (χ4v) is 2.23. The van der Waals surface area contributed by atoms with Gasteiger partial charge in [-0.1, -0.05) is 17.7 Å². The van der Waals surface area contributed by atoms with Gasteiger partial charge in [0.2, 0.25) is 0 Å². The molecule has 0 aromatic heterocycles.